The molecule has 5 nitrogen and oxygen atoms in total. The van der Waals surface area contributed by atoms with Crippen molar-refractivity contribution in [3.63, 3.8) is 0 Å². The zero-order chi connectivity index (χ0) is 15.8. The highest BCUT2D eigenvalue weighted by Crippen LogP contribution is 2.25. The number of pyridine rings is 1. The minimum Gasteiger partial charge on any atom is -0.487 e. The Morgan fingerprint density at radius 3 is 2.68 bits per heavy atom. The summed E-state index contributed by atoms with van der Waals surface area (Å²) in [6, 6.07) is 11.8. The van der Waals surface area contributed by atoms with Crippen LogP contribution in [0.25, 0.3) is 0 Å². The number of aromatic nitrogens is 1. The summed E-state index contributed by atoms with van der Waals surface area (Å²) in [6.45, 7) is 3.24. The van der Waals surface area contributed by atoms with Crippen LogP contribution in [0.4, 0.5) is 5.82 Å². The molecule has 118 valence electrons. The molecule has 0 atom stereocenters. The lowest BCUT2D eigenvalue weighted by atomic mass is 10.1. The highest BCUT2D eigenvalue weighted by molar-refractivity contribution is 5.45. The molecule has 0 saturated carbocycles. The number of nitrogens with two attached hydrogens (primary N) is 1. The molecule has 0 aliphatic rings. The maximum absolute atomic E-state index is 5.96. The van der Waals surface area contributed by atoms with Crippen molar-refractivity contribution >= 4 is 5.82 Å². The molecule has 0 spiro atoms. The Bertz CT molecular complexity index is 588. The summed E-state index contributed by atoms with van der Waals surface area (Å²) in [5.74, 6) is 1.27. The lowest BCUT2D eigenvalue weighted by molar-refractivity contribution is -0.0294. The minimum absolute atomic E-state index is 0.265. The van der Waals surface area contributed by atoms with Gasteiger partial charge < -0.3 is 19.9 Å². The van der Waals surface area contributed by atoms with E-state index < -0.39 is 0 Å². The molecule has 1 aromatic carbocycles. The summed E-state index contributed by atoms with van der Waals surface area (Å²) < 4.78 is 16.2. The Kier molecular flexibility index (Phi) is 6.18. The van der Waals surface area contributed by atoms with Crippen molar-refractivity contribution in [1.29, 1.82) is 0 Å². The number of anilines is 1. The van der Waals surface area contributed by atoms with Gasteiger partial charge in [-0.25, -0.2) is 4.98 Å². The minimum atomic E-state index is 0.265. The van der Waals surface area contributed by atoms with Crippen LogP contribution < -0.4 is 10.5 Å². The van der Waals surface area contributed by atoms with Gasteiger partial charge in [-0.15, -0.1) is 0 Å². The quantitative estimate of drug-likeness (QED) is 0.600. The van der Waals surface area contributed by atoms with Gasteiger partial charge in [0.2, 0.25) is 0 Å². The Labute approximate surface area is 131 Å². The molecule has 2 aromatic rings. The molecule has 5 heteroatoms. The number of benzene rings is 1. The van der Waals surface area contributed by atoms with Crippen LogP contribution in [0, 0.1) is 6.92 Å². The van der Waals surface area contributed by atoms with Crippen LogP contribution in [-0.2, 0) is 22.5 Å². The van der Waals surface area contributed by atoms with Crippen LogP contribution in [0.1, 0.15) is 16.8 Å². The molecule has 22 heavy (non-hydrogen) atoms. The Morgan fingerprint density at radius 1 is 1.18 bits per heavy atom. The van der Waals surface area contributed by atoms with Crippen LogP contribution >= 0.6 is 0 Å². The number of rotatable bonds is 8. The van der Waals surface area contributed by atoms with E-state index in [0.29, 0.717) is 25.5 Å². The highest BCUT2D eigenvalue weighted by Gasteiger charge is 2.11. The van der Waals surface area contributed by atoms with Gasteiger partial charge in [-0.05, 0) is 24.1 Å². The molecule has 0 saturated heterocycles. The first kappa shape index (κ1) is 16.3. The first-order valence-corrected chi connectivity index (χ1v) is 7.20. The zero-order valence-electron chi connectivity index (χ0n) is 13.0. The molecular formula is C17H22N2O3. The van der Waals surface area contributed by atoms with Gasteiger partial charge in [0, 0.05) is 13.5 Å². The van der Waals surface area contributed by atoms with Crippen molar-refractivity contribution in [2.75, 3.05) is 26.2 Å². The molecule has 0 aliphatic heterocycles. The third-order valence-electron chi connectivity index (χ3n) is 3.16. The normalized spacial score (nSPS) is 10.6. The van der Waals surface area contributed by atoms with Gasteiger partial charge in [-0.1, -0.05) is 30.3 Å². The van der Waals surface area contributed by atoms with Crippen molar-refractivity contribution < 1.29 is 14.2 Å². The van der Waals surface area contributed by atoms with Crippen LogP contribution in [-0.4, -0.2) is 25.5 Å². The fourth-order valence-electron chi connectivity index (χ4n) is 2.16. The molecule has 0 radical (unpaired) electrons. The summed E-state index contributed by atoms with van der Waals surface area (Å²) in [7, 11) is 1.59. The van der Waals surface area contributed by atoms with Crippen molar-refractivity contribution in [2.45, 2.75) is 20.0 Å². The summed E-state index contributed by atoms with van der Waals surface area (Å²) in [6.07, 6.45) is 0.624. The molecule has 0 amide bonds. The van der Waals surface area contributed by atoms with E-state index in [9.17, 15) is 0 Å². The van der Waals surface area contributed by atoms with E-state index in [1.807, 2.05) is 43.3 Å². The first-order chi connectivity index (χ1) is 10.7. The van der Waals surface area contributed by atoms with Crippen LogP contribution in [0.3, 0.4) is 0 Å². The number of hydrogen-bond donors (Lipinski definition) is 1. The summed E-state index contributed by atoms with van der Waals surface area (Å²) in [5.41, 5.74) is 8.73. The largest absolute Gasteiger partial charge is 0.487 e. The molecule has 0 aliphatic carbocycles. The number of methoxy groups -OCH3 is 1. The fourth-order valence-corrected chi connectivity index (χ4v) is 2.16. The Morgan fingerprint density at radius 2 is 1.95 bits per heavy atom. The SMILES string of the molecule is COCOCCc1nc(N)cc(C)c1OCc1ccccc1. The summed E-state index contributed by atoms with van der Waals surface area (Å²) in [4.78, 5) is 4.38. The second kappa shape index (κ2) is 8.36. The summed E-state index contributed by atoms with van der Waals surface area (Å²) >= 11 is 0. The number of ether oxygens (including phenoxy) is 3. The lowest BCUT2D eigenvalue weighted by Gasteiger charge is -2.14. The van der Waals surface area contributed by atoms with E-state index in [1.165, 1.54) is 0 Å². The predicted octanol–water partition coefficient (Wildman–Crippen LogP) is 2.71. The van der Waals surface area contributed by atoms with Gasteiger partial charge in [-0.2, -0.15) is 0 Å². The monoisotopic (exact) mass is 302 g/mol. The molecule has 2 rings (SSSR count). The smallest absolute Gasteiger partial charge is 0.146 e. The molecular weight excluding hydrogens is 280 g/mol. The lowest BCUT2D eigenvalue weighted by Crippen LogP contribution is -2.08. The van der Waals surface area contributed by atoms with Crippen molar-refractivity contribution in [3.05, 3.63) is 53.2 Å². The van der Waals surface area contributed by atoms with Crippen LogP contribution in [0.15, 0.2) is 36.4 Å². The van der Waals surface area contributed by atoms with Crippen molar-refractivity contribution in [3.8, 4) is 5.75 Å². The third-order valence-corrected chi connectivity index (χ3v) is 3.16. The van der Waals surface area contributed by atoms with Crippen LogP contribution in [0.2, 0.25) is 0 Å². The fraction of sp³-hybridized carbons (Fsp3) is 0.353. The van der Waals surface area contributed by atoms with E-state index in [4.69, 9.17) is 19.9 Å². The maximum Gasteiger partial charge on any atom is 0.146 e. The van der Waals surface area contributed by atoms with Gasteiger partial charge >= 0.3 is 0 Å². The molecule has 0 fully saturated rings. The Hall–Kier alpha value is -2.11. The van der Waals surface area contributed by atoms with Gasteiger partial charge in [0.05, 0.1) is 12.3 Å². The van der Waals surface area contributed by atoms with Gasteiger partial charge in [0.25, 0.3) is 0 Å². The molecule has 0 bridgehead atoms. The first-order valence-electron chi connectivity index (χ1n) is 7.20. The van der Waals surface area contributed by atoms with E-state index in [1.54, 1.807) is 7.11 Å². The van der Waals surface area contributed by atoms with E-state index >= 15 is 0 Å². The number of aryl methyl sites for hydroxylation is 1. The molecule has 0 unspecified atom stereocenters. The highest BCUT2D eigenvalue weighted by atomic mass is 16.7. The zero-order valence-corrected chi connectivity index (χ0v) is 13.0. The third kappa shape index (κ3) is 4.72. The number of nitrogens with zero attached hydrogens (tertiary/aromatic N) is 1. The topological polar surface area (TPSA) is 66.6 Å². The molecule has 1 aromatic heterocycles. The average Bonchev–Trinajstić information content (AvgIpc) is 2.51. The number of nitrogen functional groups attached to an aromatic ring is 1. The predicted molar refractivity (Wildman–Crippen MR) is 85.7 cm³/mol. The average molecular weight is 302 g/mol. The van der Waals surface area contributed by atoms with Gasteiger partial charge in [-0.3, -0.25) is 0 Å². The summed E-state index contributed by atoms with van der Waals surface area (Å²) in [5, 5.41) is 0. The van der Waals surface area contributed by atoms with Crippen molar-refractivity contribution in [1.82, 2.24) is 4.98 Å². The van der Waals surface area contributed by atoms with Gasteiger partial charge in [0.1, 0.15) is 25.0 Å². The molecule has 2 N–H and O–H groups in total. The van der Waals surface area contributed by atoms with E-state index in [-0.39, 0.29) is 6.79 Å². The standard InChI is InChI=1S/C17H22N2O3/c1-13-10-16(18)19-15(8-9-21-12-20-2)17(13)22-11-14-6-4-3-5-7-14/h3-7,10H,8-9,11-12H2,1-2H3,(H2,18,19). The number of hydrogen-bond acceptors (Lipinski definition) is 5. The molecule has 1 heterocycles. The Balaban J connectivity index is 2.07. The maximum atomic E-state index is 5.96. The van der Waals surface area contributed by atoms with E-state index in [0.717, 1.165) is 22.6 Å². The second-order valence-corrected chi connectivity index (χ2v) is 4.98. The second-order valence-electron chi connectivity index (χ2n) is 4.98. The van der Waals surface area contributed by atoms with E-state index in [2.05, 4.69) is 4.98 Å². The van der Waals surface area contributed by atoms with Crippen LogP contribution in [0.5, 0.6) is 5.75 Å². The van der Waals surface area contributed by atoms with Crippen molar-refractivity contribution in [2.24, 2.45) is 0 Å². The van der Waals surface area contributed by atoms with Gasteiger partial charge in [0.15, 0.2) is 0 Å².